The Morgan fingerprint density at radius 3 is 2.36 bits per heavy atom. The number of rotatable bonds is 6. The van der Waals surface area contributed by atoms with Gasteiger partial charge in [0.05, 0.1) is 6.54 Å². The van der Waals surface area contributed by atoms with E-state index in [4.69, 9.17) is 0 Å². The van der Waals surface area contributed by atoms with Gasteiger partial charge >= 0.3 is 0 Å². The van der Waals surface area contributed by atoms with Crippen molar-refractivity contribution < 1.29 is 8.78 Å². The first-order valence-electron chi connectivity index (χ1n) is 4.15. The molecule has 1 N–H and O–H groups in total. The smallest absolute Gasteiger partial charge is 0.250 e. The number of nitrogens with one attached hydrogen (secondary N) is 1. The second-order valence-electron chi connectivity index (χ2n) is 2.94. The molecule has 11 heavy (non-hydrogen) atoms. The third-order valence-electron chi connectivity index (χ3n) is 1.57. The van der Waals surface area contributed by atoms with Gasteiger partial charge in [-0.3, -0.25) is 0 Å². The van der Waals surface area contributed by atoms with Gasteiger partial charge in [-0.25, -0.2) is 8.78 Å². The van der Waals surface area contributed by atoms with Gasteiger partial charge in [0.1, 0.15) is 0 Å². The van der Waals surface area contributed by atoms with Crippen LogP contribution in [0, 0.1) is 5.92 Å². The van der Waals surface area contributed by atoms with Gasteiger partial charge in [-0.15, -0.1) is 0 Å². The van der Waals surface area contributed by atoms with E-state index in [2.05, 4.69) is 19.2 Å². The highest BCUT2D eigenvalue weighted by molar-refractivity contribution is 4.56. The molecule has 0 radical (unpaired) electrons. The van der Waals surface area contributed by atoms with Crippen molar-refractivity contribution in [2.24, 2.45) is 5.92 Å². The summed E-state index contributed by atoms with van der Waals surface area (Å²) in [5, 5.41) is 2.72. The molecule has 0 heterocycles. The maximum absolute atomic E-state index is 11.6. The maximum Gasteiger partial charge on any atom is 0.250 e. The van der Waals surface area contributed by atoms with Gasteiger partial charge in [-0.05, 0) is 18.9 Å². The Kier molecular flexibility index (Phi) is 6.42. The standard InChI is InChI=1S/C8H17F2N/c1-3-4-7(2)5-11-6-8(9)10/h7-8,11H,3-6H2,1-2H3. The monoisotopic (exact) mass is 165 g/mol. The number of hydrogen-bond acceptors (Lipinski definition) is 1. The first kappa shape index (κ1) is 10.8. The molecule has 0 aromatic heterocycles. The summed E-state index contributed by atoms with van der Waals surface area (Å²) < 4.78 is 23.2. The fraction of sp³-hybridized carbons (Fsp3) is 1.00. The van der Waals surface area contributed by atoms with Crippen molar-refractivity contribution in [2.75, 3.05) is 13.1 Å². The van der Waals surface area contributed by atoms with Crippen LogP contribution in [0.15, 0.2) is 0 Å². The van der Waals surface area contributed by atoms with Gasteiger partial charge in [0.15, 0.2) is 0 Å². The molecule has 0 saturated carbocycles. The summed E-state index contributed by atoms with van der Waals surface area (Å²) in [6, 6.07) is 0. The van der Waals surface area contributed by atoms with Gasteiger partial charge < -0.3 is 5.32 Å². The van der Waals surface area contributed by atoms with Crippen LogP contribution >= 0.6 is 0 Å². The lowest BCUT2D eigenvalue weighted by atomic mass is 10.1. The molecule has 1 unspecified atom stereocenters. The minimum Gasteiger partial charge on any atom is -0.311 e. The Hall–Kier alpha value is -0.180. The lowest BCUT2D eigenvalue weighted by molar-refractivity contribution is 0.144. The van der Waals surface area contributed by atoms with Gasteiger partial charge in [-0.2, -0.15) is 0 Å². The molecular weight excluding hydrogens is 148 g/mol. The molecule has 0 rings (SSSR count). The van der Waals surface area contributed by atoms with E-state index in [9.17, 15) is 8.78 Å². The zero-order valence-electron chi connectivity index (χ0n) is 7.24. The molecule has 0 amide bonds. The van der Waals surface area contributed by atoms with E-state index in [-0.39, 0.29) is 6.54 Å². The summed E-state index contributed by atoms with van der Waals surface area (Å²) in [6.07, 6.45) is 0.0112. The second-order valence-corrected chi connectivity index (χ2v) is 2.94. The molecule has 0 aliphatic heterocycles. The van der Waals surface area contributed by atoms with E-state index in [0.29, 0.717) is 12.5 Å². The molecule has 0 aromatic carbocycles. The fourth-order valence-electron chi connectivity index (χ4n) is 1.03. The lowest BCUT2D eigenvalue weighted by Crippen LogP contribution is -2.26. The summed E-state index contributed by atoms with van der Waals surface area (Å²) in [5.41, 5.74) is 0. The number of hydrogen-bond donors (Lipinski definition) is 1. The van der Waals surface area contributed by atoms with Crippen molar-refractivity contribution in [3.05, 3.63) is 0 Å². The molecule has 3 heteroatoms. The quantitative estimate of drug-likeness (QED) is 0.636. The van der Waals surface area contributed by atoms with Gasteiger partial charge in [0, 0.05) is 0 Å². The largest absolute Gasteiger partial charge is 0.311 e. The Morgan fingerprint density at radius 1 is 1.27 bits per heavy atom. The summed E-state index contributed by atoms with van der Waals surface area (Å²) in [6.45, 7) is 4.71. The van der Waals surface area contributed by atoms with E-state index in [1.54, 1.807) is 0 Å². The molecule has 1 nitrogen and oxygen atoms in total. The van der Waals surface area contributed by atoms with E-state index in [1.165, 1.54) is 0 Å². The molecule has 0 saturated heterocycles. The van der Waals surface area contributed by atoms with Crippen LogP contribution in [0.1, 0.15) is 26.7 Å². The predicted octanol–water partition coefficient (Wildman–Crippen LogP) is 2.28. The predicted molar refractivity (Wildman–Crippen MR) is 42.9 cm³/mol. The molecule has 0 spiro atoms. The topological polar surface area (TPSA) is 12.0 Å². The van der Waals surface area contributed by atoms with Gasteiger partial charge in [0.25, 0.3) is 6.43 Å². The zero-order valence-corrected chi connectivity index (χ0v) is 7.24. The van der Waals surface area contributed by atoms with Crippen LogP contribution in [0.3, 0.4) is 0 Å². The van der Waals surface area contributed by atoms with E-state index < -0.39 is 6.43 Å². The van der Waals surface area contributed by atoms with Crippen LogP contribution in [0.25, 0.3) is 0 Å². The normalized spacial score (nSPS) is 13.9. The molecule has 0 bridgehead atoms. The third-order valence-corrected chi connectivity index (χ3v) is 1.57. The van der Waals surface area contributed by atoms with Crippen LogP contribution < -0.4 is 5.32 Å². The Morgan fingerprint density at radius 2 is 1.91 bits per heavy atom. The highest BCUT2D eigenvalue weighted by Crippen LogP contribution is 2.02. The minimum atomic E-state index is -2.22. The van der Waals surface area contributed by atoms with E-state index in [0.717, 1.165) is 12.8 Å². The SMILES string of the molecule is CCCC(C)CNCC(F)F. The molecule has 0 aromatic rings. The number of alkyl halides is 2. The average molecular weight is 165 g/mol. The van der Waals surface area contributed by atoms with E-state index >= 15 is 0 Å². The van der Waals surface area contributed by atoms with Gasteiger partial charge in [-0.1, -0.05) is 20.3 Å². The van der Waals surface area contributed by atoms with Crippen LogP contribution in [0.4, 0.5) is 8.78 Å². The first-order chi connectivity index (χ1) is 5.16. The summed E-state index contributed by atoms with van der Waals surface area (Å²) in [7, 11) is 0. The van der Waals surface area contributed by atoms with Crippen LogP contribution in [0.5, 0.6) is 0 Å². The summed E-state index contributed by atoms with van der Waals surface area (Å²) in [4.78, 5) is 0. The van der Waals surface area contributed by atoms with Crippen LogP contribution in [-0.4, -0.2) is 19.5 Å². The van der Waals surface area contributed by atoms with Crippen molar-refractivity contribution in [1.82, 2.24) is 5.32 Å². The Labute approximate surface area is 67.2 Å². The minimum absolute atomic E-state index is 0.173. The Bertz CT molecular complexity index is 86.2. The molecule has 0 aliphatic carbocycles. The molecular formula is C8H17F2N. The molecule has 0 fully saturated rings. The molecule has 0 aliphatic rings. The van der Waals surface area contributed by atoms with Crippen molar-refractivity contribution >= 4 is 0 Å². The number of halogens is 2. The molecule has 1 atom stereocenters. The second kappa shape index (κ2) is 6.53. The fourth-order valence-corrected chi connectivity index (χ4v) is 1.03. The maximum atomic E-state index is 11.6. The molecule has 68 valence electrons. The first-order valence-corrected chi connectivity index (χ1v) is 4.15. The van der Waals surface area contributed by atoms with Crippen molar-refractivity contribution in [3.8, 4) is 0 Å². The third kappa shape index (κ3) is 7.72. The lowest BCUT2D eigenvalue weighted by Gasteiger charge is -2.10. The van der Waals surface area contributed by atoms with Gasteiger partial charge in [0.2, 0.25) is 0 Å². The van der Waals surface area contributed by atoms with Crippen molar-refractivity contribution in [3.63, 3.8) is 0 Å². The summed E-state index contributed by atoms with van der Waals surface area (Å²) >= 11 is 0. The average Bonchev–Trinajstić information content (AvgIpc) is 1.87. The highest BCUT2D eigenvalue weighted by atomic mass is 19.3. The van der Waals surface area contributed by atoms with Crippen LogP contribution in [-0.2, 0) is 0 Å². The van der Waals surface area contributed by atoms with E-state index in [1.807, 2.05) is 0 Å². The van der Waals surface area contributed by atoms with Crippen LogP contribution in [0.2, 0.25) is 0 Å². The van der Waals surface area contributed by atoms with Crippen molar-refractivity contribution in [1.29, 1.82) is 0 Å². The Balaban J connectivity index is 3.10. The summed E-state index contributed by atoms with van der Waals surface area (Å²) in [5.74, 6) is 0.513. The van der Waals surface area contributed by atoms with Crippen molar-refractivity contribution in [2.45, 2.75) is 33.1 Å². The zero-order chi connectivity index (χ0) is 8.69. The highest BCUT2D eigenvalue weighted by Gasteiger charge is 2.03.